The molecule has 2 saturated heterocycles. The first kappa shape index (κ1) is 32.9. The van der Waals surface area contributed by atoms with E-state index in [2.05, 4.69) is 36.7 Å². The van der Waals surface area contributed by atoms with Crippen LogP contribution in [0.2, 0.25) is 5.02 Å². The number of esters is 1. The number of carbonyl (C=O) groups is 3. The molecule has 4 aliphatic rings. The number of benzene rings is 1. The van der Waals surface area contributed by atoms with Crippen molar-refractivity contribution >= 4 is 41.0 Å². The van der Waals surface area contributed by atoms with E-state index in [-0.39, 0.29) is 51.7 Å². The second-order valence-electron chi connectivity index (χ2n) is 14.4. The highest BCUT2D eigenvalue weighted by Crippen LogP contribution is 2.51. The lowest BCUT2D eigenvalue weighted by molar-refractivity contribution is -0.163. The number of piperidine rings is 1. The van der Waals surface area contributed by atoms with Crippen LogP contribution in [0.3, 0.4) is 0 Å². The summed E-state index contributed by atoms with van der Waals surface area (Å²) in [6.07, 6.45) is 6.64. The van der Waals surface area contributed by atoms with E-state index in [0.29, 0.717) is 42.8 Å². The average Bonchev–Trinajstić information content (AvgIpc) is 3.01. The second-order valence-corrected chi connectivity index (χ2v) is 15.2. The molecule has 2 heterocycles. The molecule has 7 atom stereocenters. The van der Waals surface area contributed by atoms with E-state index in [1.54, 1.807) is 25.1 Å². The van der Waals surface area contributed by atoms with Gasteiger partial charge in [0.25, 0.3) is 0 Å². The number of halogens is 3. The highest BCUT2D eigenvalue weighted by atomic mass is 35.5. The Kier molecular flexibility index (Phi) is 9.27. The van der Waals surface area contributed by atoms with E-state index in [9.17, 15) is 14.4 Å². The minimum Gasteiger partial charge on any atom is -0.458 e. The number of nitrogens with two attached hydrogens (primary N) is 1. The van der Waals surface area contributed by atoms with Gasteiger partial charge < -0.3 is 26.4 Å². The molecule has 3 fully saturated rings. The van der Waals surface area contributed by atoms with Crippen LogP contribution in [0.15, 0.2) is 41.1 Å². The molecular weight excluding hydrogens is 606 g/mol. The molecule has 4 bridgehead atoms. The Morgan fingerprint density at radius 1 is 1.18 bits per heavy atom. The number of nitrogens with one attached hydrogen (secondary N) is 3. The molecule has 1 aromatic carbocycles. The lowest BCUT2D eigenvalue weighted by Crippen LogP contribution is -2.55. The summed E-state index contributed by atoms with van der Waals surface area (Å²) in [7, 11) is 0. The molecule has 1 aromatic rings. The fraction of sp³-hybridized carbons (Fsp3) is 0.606. The van der Waals surface area contributed by atoms with Crippen LogP contribution in [0.5, 0.6) is 0 Å². The van der Waals surface area contributed by atoms with E-state index in [1.165, 1.54) is 6.07 Å². The van der Waals surface area contributed by atoms with Crippen LogP contribution in [-0.2, 0) is 19.1 Å². The molecule has 1 saturated carbocycles. The topological polar surface area (TPSA) is 123 Å². The molecular formula is C33H43Cl2FN4O4. The Bertz CT molecular complexity index is 1380. The van der Waals surface area contributed by atoms with Crippen LogP contribution in [0.25, 0.3) is 0 Å². The first-order chi connectivity index (χ1) is 20.6. The smallest absolute Gasteiger partial charge is 0.323 e. The van der Waals surface area contributed by atoms with Gasteiger partial charge in [-0.05, 0) is 69.1 Å². The van der Waals surface area contributed by atoms with Gasteiger partial charge in [-0.2, -0.15) is 0 Å². The van der Waals surface area contributed by atoms with E-state index < -0.39 is 41.3 Å². The number of carbonyl (C=O) groups excluding carboxylic acids is 3. The fourth-order valence-electron chi connectivity index (χ4n) is 7.50. The molecule has 2 aliphatic heterocycles. The number of rotatable bonds is 6. The van der Waals surface area contributed by atoms with Crippen LogP contribution in [-0.4, -0.2) is 47.6 Å². The zero-order chi connectivity index (χ0) is 32.1. The van der Waals surface area contributed by atoms with E-state index >= 15 is 4.39 Å². The maximum Gasteiger partial charge on any atom is 0.323 e. The highest BCUT2D eigenvalue weighted by Gasteiger charge is 2.56. The molecule has 2 aliphatic carbocycles. The van der Waals surface area contributed by atoms with Crippen molar-refractivity contribution in [2.45, 2.75) is 102 Å². The Hall–Kier alpha value is -2.46. The molecule has 240 valence electrons. The molecule has 2 amide bonds. The third kappa shape index (κ3) is 6.71. The molecule has 11 heteroatoms. The summed E-state index contributed by atoms with van der Waals surface area (Å²) in [6, 6.07) is 2.65. The normalized spacial score (nSPS) is 34.1. The Balaban J connectivity index is 1.50. The summed E-state index contributed by atoms with van der Waals surface area (Å²) in [5, 5.41) is 10.3. The van der Waals surface area contributed by atoms with Gasteiger partial charge in [0.15, 0.2) is 0 Å². The number of amides is 2. The van der Waals surface area contributed by atoms with Crippen molar-refractivity contribution in [2.75, 3.05) is 0 Å². The molecule has 0 spiro atoms. The van der Waals surface area contributed by atoms with Gasteiger partial charge in [0.2, 0.25) is 11.8 Å². The monoisotopic (exact) mass is 648 g/mol. The Morgan fingerprint density at radius 3 is 2.50 bits per heavy atom. The van der Waals surface area contributed by atoms with Crippen molar-refractivity contribution in [3.63, 3.8) is 0 Å². The molecule has 5 N–H and O–H groups in total. The average molecular weight is 650 g/mol. The number of allylic oxidation sites excluding steroid dienone is 3. The van der Waals surface area contributed by atoms with Crippen LogP contribution in [0.1, 0.15) is 78.2 Å². The zero-order valence-electron chi connectivity index (χ0n) is 25.9. The third-order valence-corrected chi connectivity index (χ3v) is 10.1. The summed E-state index contributed by atoms with van der Waals surface area (Å²) < 4.78 is 21.5. The van der Waals surface area contributed by atoms with Crippen LogP contribution in [0, 0.1) is 29.0 Å². The molecule has 5 rings (SSSR count). The molecule has 44 heavy (non-hydrogen) atoms. The number of ether oxygens (including phenoxy) is 1. The van der Waals surface area contributed by atoms with Crippen LogP contribution >= 0.6 is 23.2 Å². The standard InChI is InChI=1S/C33H43Cl2FN4O4/c1-16(37)31(43)44-33(5)11-9-18(10-12-33)38-30(42)28-25(19-7-6-8-21(35)27(19)36)26-20-13-17(34)14-22(40-29(26)41)24(20)23(39-28)15-32(2,3)4/h6-8,13-14,16,18,20,23-26,28,39H,9-12,15,37H2,1-5H3,(H,38,42)(H,40,41)/t16-,18?,20?,23+,24?,25+,26+,28+,33?/m0/s1. The van der Waals surface area contributed by atoms with Gasteiger partial charge in [-0.25, -0.2) is 4.39 Å². The van der Waals surface area contributed by atoms with Crippen molar-refractivity contribution in [1.29, 1.82) is 0 Å². The van der Waals surface area contributed by atoms with E-state index in [0.717, 1.165) is 0 Å². The van der Waals surface area contributed by atoms with Gasteiger partial charge in [0.05, 0.1) is 17.0 Å². The van der Waals surface area contributed by atoms with Crippen molar-refractivity contribution in [2.24, 2.45) is 28.9 Å². The molecule has 2 unspecified atom stereocenters. The minimum absolute atomic E-state index is 0.0735. The predicted molar refractivity (Wildman–Crippen MR) is 168 cm³/mol. The van der Waals surface area contributed by atoms with Gasteiger partial charge >= 0.3 is 5.97 Å². The first-order valence-corrected chi connectivity index (χ1v) is 16.2. The second kappa shape index (κ2) is 12.4. The molecule has 0 aromatic heterocycles. The first-order valence-electron chi connectivity index (χ1n) is 15.5. The van der Waals surface area contributed by atoms with Gasteiger partial charge in [0, 0.05) is 40.6 Å². The van der Waals surface area contributed by atoms with E-state index in [4.69, 9.17) is 33.7 Å². The minimum atomic E-state index is -0.938. The zero-order valence-corrected chi connectivity index (χ0v) is 27.4. The van der Waals surface area contributed by atoms with Gasteiger partial charge in [-0.1, -0.05) is 62.2 Å². The molecule has 0 radical (unpaired) electrons. The van der Waals surface area contributed by atoms with Gasteiger partial charge in [0.1, 0.15) is 17.5 Å². The van der Waals surface area contributed by atoms with Crippen LogP contribution < -0.4 is 21.7 Å². The maximum atomic E-state index is 15.9. The Labute approximate surface area is 268 Å². The lowest BCUT2D eigenvalue weighted by Gasteiger charge is -2.44. The van der Waals surface area contributed by atoms with Crippen molar-refractivity contribution in [3.8, 4) is 0 Å². The molecule has 8 nitrogen and oxygen atoms in total. The van der Waals surface area contributed by atoms with Crippen molar-refractivity contribution < 1.29 is 23.5 Å². The van der Waals surface area contributed by atoms with Gasteiger partial charge in [-0.15, -0.1) is 0 Å². The SMILES string of the molecule is C[C@H](N)C(=O)OC1(C)CCC(NC(=O)[C@@H]2N[C@H](CC(C)(C)C)C3C4=CC(Cl)=CC3[C@@H](C(=O)N4)[C@H]2c2cccc(Cl)c2F)CC1. The number of hydrogen-bond acceptors (Lipinski definition) is 6. The Morgan fingerprint density at radius 2 is 1.86 bits per heavy atom. The summed E-state index contributed by atoms with van der Waals surface area (Å²) >= 11 is 12.8. The summed E-state index contributed by atoms with van der Waals surface area (Å²) in [5.74, 6) is -3.85. The predicted octanol–water partition coefficient (Wildman–Crippen LogP) is 5.05. The van der Waals surface area contributed by atoms with Crippen LogP contribution in [0.4, 0.5) is 4.39 Å². The summed E-state index contributed by atoms with van der Waals surface area (Å²) in [6.45, 7) is 9.87. The quantitative estimate of drug-likeness (QED) is 0.320. The van der Waals surface area contributed by atoms with E-state index in [1.807, 2.05) is 13.0 Å². The van der Waals surface area contributed by atoms with Crippen molar-refractivity contribution in [3.05, 3.63) is 57.5 Å². The summed E-state index contributed by atoms with van der Waals surface area (Å²) in [5.41, 5.74) is 5.84. The maximum absolute atomic E-state index is 15.9. The summed E-state index contributed by atoms with van der Waals surface area (Å²) in [4.78, 5) is 40.4. The lowest BCUT2D eigenvalue weighted by atomic mass is 9.64. The largest absolute Gasteiger partial charge is 0.458 e. The van der Waals surface area contributed by atoms with Gasteiger partial charge in [-0.3, -0.25) is 14.4 Å². The fourth-order valence-corrected chi connectivity index (χ4v) is 7.95. The number of hydrogen-bond donors (Lipinski definition) is 4. The van der Waals surface area contributed by atoms with Crippen molar-refractivity contribution in [1.82, 2.24) is 16.0 Å². The third-order valence-electron chi connectivity index (χ3n) is 9.54. The highest BCUT2D eigenvalue weighted by molar-refractivity contribution is 6.31.